The predicted molar refractivity (Wildman–Crippen MR) is 45.4 cm³/mol. The Morgan fingerprint density at radius 1 is 1.70 bits per heavy atom. The maximum atomic E-state index is 5.75. The van der Waals surface area contributed by atoms with E-state index in [1.807, 2.05) is 19.1 Å². The van der Waals surface area contributed by atoms with Gasteiger partial charge in [0.2, 0.25) is 0 Å². The van der Waals surface area contributed by atoms with Crippen LogP contribution < -0.4 is 0 Å². The third-order valence-electron chi connectivity index (χ3n) is 1.11. The highest BCUT2D eigenvalue weighted by Gasteiger charge is 2.02. The second-order valence-corrected chi connectivity index (χ2v) is 3.72. The topological polar surface area (TPSA) is 13.1 Å². The van der Waals surface area contributed by atoms with E-state index < -0.39 is 0 Å². The Balaban J connectivity index is 2.58. The first-order valence-electron chi connectivity index (χ1n) is 3.07. The number of hydrogen-bond acceptors (Lipinski definition) is 1. The molecule has 1 heterocycles. The Labute approximate surface area is 73.5 Å². The Kier molecular flexibility index (Phi) is 2.81. The first-order valence-corrected chi connectivity index (χ1v) is 4.29. The molecule has 10 heavy (non-hydrogen) atoms. The van der Waals surface area contributed by atoms with Crippen LogP contribution in [0, 0.1) is 0 Å². The molecule has 1 aromatic rings. The highest BCUT2D eigenvalue weighted by atomic mass is 79.9. The van der Waals surface area contributed by atoms with E-state index >= 15 is 0 Å². The molecule has 0 saturated heterocycles. The molecule has 0 aromatic carbocycles. The van der Waals surface area contributed by atoms with Crippen LogP contribution in [0.15, 0.2) is 21.2 Å². The van der Waals surface area contributed by atoms with Crippen molar-refractivity contribution in [2.75, 3.05) is 0 Å². The number of hydrogen-bond donors (Lipinski definition) is 0. The molecule has 1 rings (SSSR count). The smallest absolute Gasteiger partial charge is 0.169 e. The molecule has 0 amide bonds. The minimum Gasteiger partial charge on any atom is -0.454 e. The zero-order chi connectivity index (χ0) is 7.56. The largest absolute Gasteiger partial charge is 0.454 e. The van der Waals surface area contributed by atoms with Crippen molar-refractivity contribution < 1.29 is 4.42 Å². The second-order valence-electron chi connectivity index (χ2n) is 2.19. The Morgan fingerprint density at radius 3 is 2.80 bits per heavy atom. The van der Waals surface area contributed by atoms with Crippen LogP contribution in [0.4, 0.5) is 0 Å². The maximum Gasteiger partial charge on any atom is 0.169 e. The molecule has 56 valence electrons. The SMILES string of the molecule is CC(Cl)Cc1ccc(Br)o1. The van der Waals surface area contributed by atoms with Crippen LogP contribution >= 0.6 is 27.5 Å². The van der Waals surface area contributed by atoms with Crippen molar-refractivity contribution in [2.45, 2.75) is 18.7 Å². The van der Waals surface area contributed by atoms with Crippen LogP contribution in [0.5, 0.6) is 0 Å². The summed E-state index contributed by atoms with van der Waals surface area (Å²) in [6, 6.07) is 3.79. The first-order chi connectivity index (χ1) is 4.68. The third kappa shape index (κ3) is 2.35. The average Bonchev–Trinajstić information content (AvgIpc) is 2.13. The van der Waals surface area contributed by atoms with Crippen molar-refractivity contribution in [1.29, 1.82) is 0 Å². The Bertz CT molecular complexity index is 207. The van der Waals surface area contributed by atoms with Crippen LogP contribution in [0.3, 0.4) is 0 Å². The van der Waals surface area contributed by atoms with Gasteiger partial charge in [-0.2, -0.15) is 0 Å². The van der Waals surface area contributed by atoms with Gasteiger partial charge in [0.1, 0.15) is 5.76 Å². The first kappa shape index (κ1) is 8.15. The lowest BCUT2D eigenvalue weighted by atomic mass is 10.3. The molecule has 0 spiro atoms. The highest BCUT2D eigenvalue weighted by molar-refractivity contribution is 9.10. The second kappa shape index (κ2) is 3.44. The molecule has 0 aliphatic carbocycles. The van der Waals surface area contributed by atoms with Crippen molar-refractivity contribution in [2.24, 2.45) is 0 Å². The van der Waals surface area contributed by atoms with Crippen molar-refractivity contribution >= 4 is 27.5 Å². The third-order valence-corrected chi connectivity index (χ3v) is 1.69. The van der Waals surface area contributed by atoms with Crippen LogP contribution in [-0.4, -0.2) is 5.38 Å². The summed E-state index contributed by atoms with van der Waals surface area (Å²) >= 11 is 8.96. The quantitative estimate of drug-likeness (QED) is 0.702. The van der Waals surface area contributed by atoms with Gasteiger partial charge in [0, 0.05) is 11.8 Å². The molecule has 0 aliphatic heterocycles. The fourth-order valence-corrected chi connectivity index (χ4v) is 1.23. The lowest BCUT2D eigenvalue weighted by Crippen LogP contribution is -1.94. The molecule has 1 unspecified atom stereocenters. The molecule has 0 N–H and O–H groups in total. The van der Waals surface area contributed by atoms with E-state index in [0.717, 1.165) is 16.9 Å². The van der Waals surface area contributed by atoms with Crippen LogP contribution in [0.1, 0.15) is 12.7 Å². The maximum absolute atomic E-state index is 5.75. The van der Waals surface area contributed by atoms with Gasteiger partial charge in [0.05, 0.1) is 0 Å². The van der Waals surface area contributed by atoms with Crippen molar-refractivity contribution in [3.63, 3.8) is 0 Å². The van der Waals surface area contributed by atoms with Gasteiger partial charge in [-0.25, -0.2) is 0 Å². The van der Waals surface area contributed by atoms with Gasteiger partial charge >= 0.3 is 0 Å². The van der Waals surface area contributed by atoms with E-state index in [-0.39, 0.29) is 5.38 Å². The van der Waals surface area contributed by atoms with Crippen molar-refractivity contribution in [1.82, 2.24) is 0 Å². The van der Waals surface area contributed by atoms with Crippen LogP contribution in [0.25, 0.3) is 0 Å². The summed E-state index contributed by atoms with van der Waals surface area (Å²) in [6.45, 7) is 1.94. The number of rotatable bonds is 2. The van der Waals surface area contributed by atoms with E-state index in [2.05, 4.69) is 15.9 Å². The van der Waals surface area contributed by atoms with E-state index in [1.54, 1.807) is 0 Å². The molecule has 0 radical (unpaired) electrons. The van der Waals surface area contributed by atoms with Crippen LogP contribution in [0.2, 0.25) is 0 Å². The summed E-state index contributed by atoms with van der Waals surface area (Å²) in [4.78, 5) is 0. The molecule has 0 aliphatic rings. The van der Waals surface area contributed by atoms with Gasteiger partial charge in [-0.1, -0.05) is 0 Å². The minimum atomic E-state index is 0.137. The number of furan rings is 1. The molecule has 1 aromatic heterocycles. The van der Waals surface area contributed by atoms with Gasteiger partial charge in [0.25, 0.3) is 0 Å². The summed E-state index contributed by atoms with van der Waals surface area (Å²) in [6.07, 6.45) is 0.785. The lowest BCUT2D eigenvalue weighted by Gasteiger charge is -1.96. The molecular formula is C7H8BrClO. The average molecular weight is 223 g/mol. The minimum absolute atomic E-state index is 0.137. The number of alkyl halides is 1. The zero-order valence-corrected chi connectivity index (χ0v) is 7.95. The Hall–Kier alpha value is 0.0500. The molecule has 0 bridgehead atoms. The van der Waals surface area contributed by atoms with Crippen LogP contribution in [-0.2, 0) is 6.42 Å². The number of halogens is 2. The fourth-order valence-electron chi connectivity index (χ4n) is 0.739. The standard InChI is InChI=1S/C7H8BrClO/c1-5(9)4-6-2-3-7(8)10-6/h2-3,5H,4H2,1H3. The highest BCUT2D eigenvalue weighted by Crippen LogP contribution is 2.16. The van der Waals surface area contributed by atoms with Gasteiger partial charge < -0.3 is 4.42 Å². The Morgan fingerprint density at radius 2 is 2.40 bits per heavy atom. The molecule has 3 heteroatoms. The van der Waals surface area contributed by atoms with Gasteiger partial charge in [0.15, 0.2) is 4.67 Å². The predicted octanol–water partition coefficient (Wildman–Crippen LogP) is 3.21. The summed E-state index contributed by atoms with van der Waals surface area (Å²) in [7, 11) is 0. The van der Waals surface area contributed by atoms with E-state index in [0.29, 0.717) is 0 Å². The molecule has 1 atom stereocenters. The summed E-state index contributed by atoms with van der Waals surface area (Å²) in [5.74, 6) is 0.925. The molecule has 0 fully saturated rings. The molecular weight excluding hydrogens is 215 g/mol. The lowest BCUT2D eigenvalue weighted by molar-refractivity contribution is 0.486. The van der Waals surface area contributed by atoms with Gasteiger partial charge in [-0.15, -0.1) is 11.6 Å². The van der Waals surface area contributed by atoms with Crippen molar-refractivity contribution in [3.8, 4) is 0 Å². The molecule has 1 nitrogen and oxygen atoms in total. The van der Waals surface area contributed by atoms with E-state index in [1.165, 1.54) is 0 Å². The van der Waals surface area contributed by atoms with Gasteiger partial charge in [-0.3, -0.25) is 0 Å². The summed E-state index contributed by atoms with van der Waals surface area (Å²) in [5, 5.41) is 0.137. The normalized spacial score (nSPS) is 13.5. The van der Waals surface area contributed by atoms with Gasteiger partial charge in [-0.05, 0) is 35.0 Å². The zero-order valence-electron chi connectivity index (χ0n) is 5.60. The summed E-state index contributed by atoms with van der Waals surface area (Å²) in [5.41, 5.74) is 0. The molecule has 0 saturated carbocycles. The fraction of sp³-hybridized carbons (Fsp3) is 0.429. The van der Waals surface area contributed by atoms with E-state index in [4.69, 9.17) is 16.0 Å². The monoisotopic (exact) mass is 222 g/mol. The summed E-state index contributed by atoms with van der Waals surface area (Å²) < 4.78 is 5.99. The van der Waals surface area contributed by atoms with E-state index in [9.17, 15) is 0 Å². The van der Waals surface area contributed by atoms with Crippen molar-refractivity contribution in [3.05, 3.63) is 22.6 Å².